The number of likely N-dealkylation sites (tertiary alicyclic amines) is 1. The van der Waals surface area contributed by atoms with Crippen LogP contribution in [0.5, 0.6) is 0 Å². The molecule has 0 aromatic heterocycles. The first-order valence-electron chi connectivity index (χ1n) is 9.52. The summed E-state index contributed by atoms with van der Waals surface area (Å²) in [5.41, 5.74) is 0.795. The Morgan fingerprint density at radius 1 is 1.15 bits per heavy atom. The van der Waals surface area contributed by atoms with Crippen molar-refractivity contribution >= 4 is 17.5 Å². The summed E-state index contributed by atoms with van der Waals surface area (Å²) in [7, 11) is 2.02. The van der Waals surface area contributed by atoms with Crippen molar-refractivity contribution in [1.29, 1.82) is 0 Å². The van der Waals surface area contributed by atoms with Crippen LogP contribution in [0.3, 0.4) is 0 Å². The average Bonchev–Trinajstić information content (AvgIpc) is 3.11. The molecule has 0 bridgehead atoms. The fraction of sp³-hybridized carbons (Fsp3) is 0.600. The lowest BCUT2D eigenvalue weighted by Gasteiger charge is -2.46. The number of benzene rings is 1. The molecule has 3 heterocycles. The molecule has 0 N–H and O–H groups in total. The van der Waals surface area contributed by atoms with Crippen LogP contribution in [0.1, 0.15) is 19.3 Å². The lowest BCUT2D eigenvalue weighted by Crippen LogP contribution is -2.64. The third-order valence-corrected chi connectivity index (χ3v) is 6.22. The molecule has 1 atom stereocenters. The Kier molecular flexibility index (Phi) is 4.71. The minimum absolute atomic E-state index is 0.0969. The second-order valence-corrected chi connectivity index (χ2v) is 7.79. The monoisotopic (exact) mass is 357 g/mol. The highest BCUT2D eigenvalue weighted by Gasteiger charge is 2.49. The molecule has 6 heteroatoms. The van der Waals surface area contributed by atoms with E-state index in [9.17, 15) is 9.59 Å². The van der Waals surface area contributed by atoms with E-state index in [1.807, 2.05) is 47.2 Å². The molecule has 0 saturated carbocycles. The summed E-state index contributed by atoms with van der Waals surface area (Å²) in [5.74, 6) is 0.486. The number of piperazine rings is 1. The Bertz CT molecular complexity index is 674. The zero-order chi connectivity index (χ0) is 18.1. The molecule has 3 aliphatic rings. The van der Waals surface area contributed by atoms with Crippen LogP contribution in [0.4, 0.5) is 5.69 Å². The molecule has 3 fully saturated rings. The molecule has 1 unspecified atom stereocenters. The van der Waals surface area contributed by atoms with Gasteiger partial charge in [-0.1, -0.05) is 18.2 Å². The van der Waals surface area contributed by atoms with Gasteiger partial charge in [-0.2, -0.15) is 0 Å². The number of carbonyl (C=O) groups excluding carboxylic acids is 2. The fourth-order valence-electron chi connectivity index (χ4n) is 4.49. The van der Waals surface area contributed by atoms with Crippen molar-refractivity contribution in [2.75, 3.05) is 51.3 Å². The van der Waals surface area contributed by atoms with Crippen molar-refractivity contribution in [3.63, 3.8) is 0 Å². The summed E-state index contributed by atoms with van der Waals surface area (Å²) in [6.45, 7) is 3.89. The predicted molar refractivity (Wildman–Crippen MR) is 98.9 cm³/mol. The third-order valence-electron chi connectivity index (χ3n) is 6.22. The van der Waals surface area contributed by atoms with Crippen LogP contribution in [-0.4, -0.2) is 73.6 Å². The molecule has 3 aliphatic heterocycles. The first-order chi connectivity index (χ1) is 12.6. The molecule has 1 aromatic carbocycles. The molecule has 0 aliphatic carbocycles. The number of rotatable bonds is 2. The molecule has 1 spiro atoms. The largest absolute Gasteiger partial charge is 0.381 e. The van der Waals surface area contributed by atoms with E-state index in [2.05, 4.69) is 4.90 Å². The Labute approximate surface area is 154 Å². The summed E-state index contributed by atoms with van der Waals surface area (Å²) in [6.07, 6.45) is 2.56. The number of ether oxygens (including phenoxy) is 1. The molecule has 26 heavy (non-hydrogen) atoms. The van der Waals surface area contributed by atoms with Gasteiger partial charge in [-0.3, -0.25) is 14.5 Å². The van der Waals surface area contributed by atoms with E-state index < -0.39 is 0 Å². The van der Waals surface area contributed by atoms with Crippen LogP contribution in [0, 0.1) is 5.92 Å². The lowest BCUT2D eigenvalue weighted by molar-refractivity contribution is -0.138. The number of carbonyl (C=O) groups is 2. The maximum atomic E-state index is 12.9. The molecule has 2 amide bonds. The topological polar surface area (TPSA) is 53.1 Å². The standard InChI is InChI=1S/C20H27N3O3/c1-21-13-18(24)23(17-5-3-2-4-6-17)15-20(21)9-10-22(14-20)19(25)16-7-11-26-12-8-16/h2-6,16H,7-15H2,1H3. The number of hydrogen-bond acceptors (Lipinski definition) is 4. The van der Waals surface area contributed by atoms with Crippen molar-refractivity contribution in [3.05, 3.63) is 30.3 Å². The van der Waals surface area contributed by atoms with Crippen LogP contribution in [0.25, 0.3) is 0 Å². The van der Waals surface area contributed by atoms with Gasteiger partial charge in [0.25, 0.3) is 0 Å². The van der Waals surface area contributed by atoms with Crippen LogP contribution in [0.15, 0.2) is 30.3 Å². The van der Waals surface area contributed by atoms with Crippen LogP contribution >= 0.6 is 0 Å². The van der Waals surface area contributed by atoms with Gasteiger partial charge in [-0.05, 0) is 38.4 Å². The molecular formula is C20H27N3O3. The molecule has 4 rings (SSSR count). The van der Waals surface area contributed by atoms with Crippen molar-refractivity contribution in [2.24, 2.45) is 5.92 Å². The van der Waals surface area contributed by atoms with E-state index in [1.165, 1.54) is 0 Å². The SMILES string of the molecule is CN1CC(=O)N(c2ccccc2)CC12CCN(C(=O)C1CCOCC1)C2. The number of likely N-dealkylation sites (N-methyl/N-ethyl adjacent to an activating group) is 1. The fourth-order valence-corrected chi connectivity index (χ4v) is 4.49. The predicted octanol–water partition coefficient (Wildman–Crippen LogP) is 1.36. The van der Waals surface area contributed by atoms with E-state index in [-0.39, 0.29) is 23.3 Å². The summed E-state index contributed by atoms with van der Waals surface area (Å²) in [5, 5.41) is 0. The average molecular weight is 357 g/mol. The van der Waals surface area contributed by atoms with Gasteiger partial charge >= 0.3 is 0 Å². The zero-order valence-corrected chi connectivity index (χ0v) is 15.4. The highest BCUT2D eigenvalue weighted by molar-refractivity contribution is 5.96. The zero-order valence-electron chi connectivity index (χ0n) is 15.4. The first-order valence-corrected chi connectivity index (χ1v) is 9.52. The Balaban J connectivity index is 1.50. The van der Waals surface area contributed by atoms with Gasteiger partial charge in [0.1, 0.15) is 0 Å². The Morgan fingerprint density at radius 2 is 1.88 bits per heavy atom. The van der Waals surface area contributed by atoms with Crippen LogP contribution in [-0.2, 0) is 14.3 Å². The number of nitrogens with zero attached hydrogens (tertiary/aromatic N) is 3. The number of amides is 2. The molecule has 0 radical (unpaired) electrons. The molecular weight excluding hydrogens is 330 g/mol. The van der Waals surface area contributed by atoms with Crippen LogP contribution in [0.2, 0.25) is 0 Å². The van der Waals surface area contributed by atoms with E-state index in [0.717, 1.165) is 31.5 Å². The van der Waals surface area contributed by atoms with Gasteiger partial charge in [0.2, 0.25) is 11.8 Å². The maximum Gasteiger partial charge on any atom is 0.241 e. The smallest absolute Gasteiger partial charge is 0.241 e. The van der Waals surface area contributed by atoms with Crippen molar-refractivity contribution in [2.45, 2.75) is 24.8 Å². The number of anilines is 1. The summed E-state index contributed by atoms with van der Waals surface area (Å²) in [4.78, 5) is 31.6. The van der Waals surface area contributed by atoms with Gasteiger partial charge in [-0.25, -0.2) is 0 Å². The Hall–Kier alpha value is -1.92. The molecule has 1 aromatic rings. The third kappa shape index (κ3) is 3.12. The van der Waals surface area contributed by atoms with Gasteiger partial charge in [0.05, 0.1) is 12.1 Å². The second kappa shape index (κ2) is 7.00. The second-order valence-electron chi connectivity index (χ2n) is 7.79. The van der Waals surface area contributed by atoms with Crippen molar-refractivity contribution in [1.82, 2.24) is 9.80 Å². The van der Waals surface area contributed by atoms with E-state index in [0.29, 0.717) is 32.8 Å². The minimum Gasteiger partial charge on any atom is -0.381 e. The summed E-state index contributed by atoms with van der Waals surface area (Å²) in [6, 6.07) is 9.85. The molecule has 6 nitrogen and oxygen atoms in total. The van der Waals surface area contributed by atoms with Crippen LogP contribution < -0.4 is 4.90 Å². The normalized spacial score (nSPS) is 28.1. The highest BCUT2D eigenvalue weighted by atomic mass is 16.5. The molecule has 3 saturated heterocycles. The quantitative estimate of drug-likeness (QED) is 0.802. The summed E-state index contributed by atoms with van der Waals surface area (Å²) < 4.78 is 5.39. The van der Waals surface area contributed by atoms with Crippen molar-refractivity contribution < 1.29 is 14.3 Å². The van der Waals surface area contributed by atoms with Gasteiger partial charge in [-0.15, -0.1) is 0 Å². The first kappa shape index (κ1) is 17.5. The Morgan fingerprint density at radius 3 is 2.62 bits per heavy atom. The van der Waals surface area contributed by atoms with E-state index in [4.69, 9.17) is 4.74 Å². The van der Waals surface area contributed by atoms with Gasteiger partial charge in [0.15, 0.2) is 0 Å². The summed E-state index contributed by atoms with van der Waals surface area (Å²) >= 11 is 0. The number of hydrogen-bond donors (Lipinski definition) is 0. The van der Waals surface area contributed by atoms with E-state index in [1.54, 1.807) is 0 Å². The highest BCUT2D eigenvalue weighted by Crippen LogP contribution is 2.34. The van der Waals surface area contributed by atoms with Gasteiger partial charge in [0, 0.05) is 44.5 Å². The van der Waals surface area contributed by atoms with Crippen molar-refractivity contribution in [3.8, 4) is 0 Å². The maximum absolute atomic E-state index is 12.9. The molecule has 140 valence electrons. The van der Waals surface area contributed by atoms with Gasteiger partial charge < -0.3 is 14.5 Å². The lowest BCUT2D eigenvalue weighted by atomic mass is 9.92. The number of para-hydroxylation sites is 1. The van der Waals surface area contributed by atoms with E-state index >= 15 is 0 Å². The minimum atomic E-state index is -0.148.